The van der Waals surface area contributed by atoms with Gasteiger partial charge in [0.1, 0.15) is 0 Å². The lowest BCUT2D eigenvalue weighted by Crippen LogP contribution is -2.04. The molecule has 3 heteroatoms. The smallest absolute Gasteiger partial charge is 0.195 e. The molecule has 0 aliphatic rings. The second-order valence-corrected chi connectivity index (χ2v) is 6.81. The van der Waals surface area contributed by atoms with Crippen molar-refractivity contribution in [3.8, 4) is 0 Å². The van der Waals surface area contributed by atoms with Gasteiger partial charge in [0.15, 0.2) is 5.78 Å². The Labute approximate surface area is 164 Å². The minimum absolute atomic E-state index is 0.162. The largest absolute Gasteiger partial charge is 0.393 e. The second kappa shape index (κ2) is 7.37. The lowest BCUT2D eigenvalue weighted by atomic mass is 9.97. The van der Waals surface area contributed by atoms with Crippen LogP contribution >= 0.6 is 0 Å². The minimum Gasteiger partial charge on any atom is -0.393 e. The summed E-state index contributed by atoms with van der Waals surface area (Å²) in [4.78, 5) is 13.6. The summed E-state index contributed by atoms with van der Waals surface area (Å²) in [6, 6.07) is 12.0. The number of para-hydroxylation sites is 1. The van der Waals surface area contributed by atoms with E-state index in [2.05, 4.69) is 0 Å². The van der Waals surface area contributed by atoms with Crippen LogP contribution in [0.3, 0.4) is 0 Å². The van der Waals surface area contributed by atoms with E-state index < -0.39 is 6.10 Å². The first kappa shape index (κ1) is 13.3. The molecule has 0 radical (unpaired) electrons. The highest BCUT2D eigenvalue weighted by atomic mass is 16.3. The number of fused-ring (bicyclic) bond motifs is 2. The topological polar surface area (TPSA) is 42.2 Å². The quantitative estimate of drug-likeness (QED) is 0.480. The predicted octanol–water partition coefficient (Wildman–Crippen LogP) is 5.19. The number of ketones is 1. The first-order valence-corrected chi connectivity index (χ1v) is 9.11. The molecule has 1 heterocycles. The van der Waals surface area contributed by atoms with Crippen LogP contribution in [0.15, 0.2) is 72.8 Å². The van der Waals surface area contributed by atoms with Crippen molar-refractivity contribution in [2.24, 2.45) is 0 Å². The number of aliphatic hydroxyl groups excluding tert-OH is 1. The maximum absolute atomic E-state index is 13.6. The van der Waals surface area contributed by atoms with Crippen LogP contribution in [0.2, 0.25) is 0 Å². The van der Waals surface area contributed by atoms with Crippen molar-refractivity contribution in [3.05, 3.63) is 84.0 Å². The van der Waals surface area contributed by atoms with Crippen LogP contribution < -0.4 is 0 Å². The molecule has 1 aromatic heterocycles. The van der Waals surface area contributed by atoms with Gasteiger partial charge in [-0.3, -0.25) is 4.79 Å². The molecule has 0 amide bonds. The normalized spacial score (nSPS) is 14.6. The molecule has 1 atom stereocenters. The summed E-state index contributed by atoms with van der Waals surface area (Å²) in [6.07, 6.45) is 2.34. The zero-order valence-corrected chi connectivity index (χ0v) is 15.1. The first-order chi connectivity index (χ1) is 14.8. The summed E-state index contributed by atoms with van der Waals surface area (Å²) in [7, 11) is 0. The van der Waals surface area contributed by atoms with Crippen LogP contribution in [-0.4, -0.2) is 21.6 Å². The van der Waals surface area contributed by atoms with E-state index in [1.807, 2.05) is 36.4 Å². The zero-order valence-electron chi connectivity index (χ0n) is 19.1. The Morgan fingerprint density at radius 3 is 2.70 bits per heavy atom. The summed E-state index contributed by atoms with van der Waals surface area (Å²) in [5.74, 6) is -0.277. The maximum atomic E-state index is 13.6. The number of carbonyl (C=O) groups excluding carboxylic acids is 1. The highest BCUT2D eigenvalue weighted by Crippen LogP contribution is 2.27. The van der Waals surface area contributed by atoms with E-state index in [-0.39, 0.29) is 40.9 Å². The molecular weight excluding hydrogens is 334 g/mol. The minimum atomic E-state index is -0.465. The van der Waals surface area contributed by atoms with Crippen LogP contribution in [0.1, 0.15) is 41.2 Å². The van der Waals surface area contributed by atoms with Crippen LogP contribution in [0, 0.1) is 0 Å². The SMILES string of the molecule is [2H]c1c([2H])c([2H])c2c(c(C(=O)c3cccc4ccccc34)cn2CCCC(C)O)c1[2H]. The molecule has 0 spiro atoms. The third kappa shape index (κ3) is 3.38. The third-order valence-corrected chi connectivity index (χ3v) is 4.81. The fourth-order valence-electron chi connectivity index (χ4n) is 3.48. The van der Waals surface area contributed by atoms with Crippen LogP contribution in [0.4, 0.5) is 0 Å². The fraction of sp³-hybridized carbons (Fsp3) is 0.208. The van der Waals surface area contributed by atoms with Crippen molar-refractivity contribution >= 4 is 27.5 Å². The second-order valence-electron chi connectivity index (χ2n) is 6.81. The van der Waals surface area contributed by atoms with Crippen LogP contribution in [-0.2, 0) is 6.54 Å². The molecule has 0 fully saturated rings. The Balaban J connectivity index is 1.94. The van der Waals surface area contributed by atoms with Gasteiger partial charge in [-0.2, -0.15) is 0 Å². The van der Waals surface area contributed by atoms with E-state index in [4.69, 9.17) is 5.48 Å². The molecule has 0 saturated heterocycles. The van der Waals surface area contributed by atoms with Crippen molar-refractivity contribution < 1.29 is 15.4 Å². The predicted molar refractivity (Wildman–Crippen MR) is 110 cm³/mol. The van der Waals surface area contributed by atoms with Crippen molar-refractivity contribution in [3.63, 3.8) is 0 Å². The van der Waals surface area contributed by atoms with E-state index >= 15 is 0 Å². The van der Waals surface area contributed by atoms with E-state index in [0.29, 0.717) is 30.5 Å². The molecule has 0 bridgehead atoms. The van der Waals surface area contributed by atoms with Crippen molar-refractivity contribution in [2.45, 2.75) is 32.4 Å². The molecule has 0 aliphatic carbocycles. The third-order valence-electron chi connectivity index (χ3n) is 4.81. The highest BCUT2D eigenvalue weighted by Gasteiger charge is 2.18. The van der Waals surface area contributed by atoms with Gasteiger partial charge in [0.05, 0.1) is 11.6 Å². The molecule has 4 aromatic rings. The van der Waals surface area contributed by atoms with Gasteiger partial charge < -0.3 is 9.67 Å². The van der Waals surface area contributed by atoms with Gasteiger partial charge >= 0.3 is 0 Å². The average Bonchev–Trinajstić information content (AvgIpc) is 3.14. The number of carbonyl (C=O) groups is 1. The van der Waals surface area contributed by atoms with E-state index in [0.717, 1.165) is 10.8 Å². The van der Waals surface area contributed by atoms with Crippen molar-refractivity contribution in [1.82, 2.24) is 4.57 Å². The standard InChI is InChI=1S/C24H23NO2/c1-17(26)8-7-15-25-16-22(20-12-4-5-14-23(20)25)24(27)21-13-6-10-18-9-2-3-11-19(18)21/h2-6,9-14,16-17,26H,7-8,15H2,1H3/i4D,5D,12D,14D. The molecule has 0 aliphatic heterocycles. The molecule has 1 N–H and O–H groups in total. The Hall–Kier alpha value is -2.91. The number of hydrogen-bond acceptors (Lipinski definition) is 2. The Morgan fingerprint density at radius 1 is 1.07 bits per heavy atom. The number of benzene rings is 3. The average molecular weight is 361 g/mol. The van der Waals surface area contributed by atoms with E-state index in [1.54, 1.807) is 23.8 Å². The van der Waals surface area contributed by atoms with Gasteiger partial charge in [-0.25, -0.2) is 0 Å². The van der Waals surface area contributed by atoms with Gasteiger partial charge in [0, 0.05) is 34.8 Å². The summed E-state index contributed by atoms with van der Waals surface area (Å²) in [5.41, 5.74) is 1.07. The molecular formula is C24H23NO2. The molecule has 3 aromatic carbocycles. The molecule has 4 rings (SSSR count). The number of rotatable bonds is 6. The van der Waals surface area contributed by atoms with Crippen LogP contribution in [0.25, 0.3) is 21.7 Å². The van der Waals surface area contributed by atoms with Crippen molar-refractivity contribution in [2.75, 3.05) is 0 Å². The molecule has 27 heavy (non-hydrogen) atoms. The summed E-state index contributed by atoms with van der Waals surface area (Å²) < 4.78 is 34.7. The Morgan fingerprint density at radius 2 is 1.85 bits per heavy atom. The number of aromatic nitrogens is 1. The molecule has 3 nitrogen and oxygen atoms in total. The molecule has 1 unspecified atom stereocenters. The van der Waals surface area contributed by atoms with Crippen molar-refractivity contribution in [1.29, 1.82) is 0 Å². The van der Waals surface area contributed by atoms with Gasteiger partial charge in [-0.15, -0.1) is 0 Å². The lowest BCUT2D eigenvalue weighted by Gasteiger charge is -2.06. The van der Waals surface area contributed by atoms with Crippen LogP contribution in [0.5, 0.6) is 0 Å². The summed E-state index contributed by atoms with van der Waals surface area (Å²) >= 11 is 0. The van der Waals surface area contributed by atoms with Gasteiger partial charge in [0.2, 0.25) is 0 Å². The van der Waals surface area contributed by atoms with E-state index in [9.17, 15) is 9.90 Å². The van der Waals surface area contributed by atoms with Gasteiger partial charge in [0.25, 0.3) is 0 Å². The number of nitrogens with zero attached hydrogens (tertiary/aromatic N) is 1. The summed E-state index contributed by atoms with van der Waals surface area (Å²) in [5, 5.41) is 11.5. The van der Waals surface area contributed by atoms with Gasteiger partial charge in [-0.05, 0) is 36.6 Å². The number of aryl methyl sites for hydroxylation is 1. The Bertz CT molecular complexity index is 1310. The monoisotopic (exact) mass is 361 g/mol. The fourth-order valence-corrected chi connectivity index (χ4v) is 3.48. The summed E-state index contributed by atoms with van der Waals surface area (Å²) in [6.45, 7) is 2.14. The lowest BCUT2D eigenvalue weighted by molar-refractivity contribution is 0.104. The maximum Gasteiger partial charge on any atom is 0.195 e. The highest BCUT2D eigenvalue weighted by molar-refractivity contribution is 6.21. The van der Waals surface area contributed by atoms with E-state index in [1.165, 1.54) is 0 Å². The zero-order chi connectivity index (χ0) is 22.3. The van der Waals surface area contributed by atoms with Gasteiger partial charge in [-0.1, -0.05) is 60.6 Å². The number of aliphatic hydroxyl groups is 1. The Kier molecular flexibility index (Phi) is 3.63. The first-order valence-electron chi connectivity index (χ1n) is 11.1. The molecule has 136 valence electrons. The number of hydrogen-bond donors (Lipinski definition) is 1. The molecule has 0 saturated carbocycles.